The number of amides is 1. The van der Waals surface area contributed by atoms with Gasteiger partial charge in [-0.3, -0.25) is 9.59 Å². The number of thioether (sulfide) groups is 1. The number of carbonyl (C=O) groups excluding carboxylic acids is 1. The van der Waals surface area contributed by atoms with E-state index in [1.165, 1.54) is 11.8 Å². The number of nitrogens with zero attached hydrogens (tertiary/aromatic N) is 1. The Balaban J connectivity index is 0.000000980. The standard InChI is InChI=1S/C8H11NO3S.Na.H/c1-4-5(10)9-3-8(2,7(11)12)13-6(4)9;;/h4,6H,3H2,1-2H3,(H,11,12);;/t4?,6-,8?;;/m1../s1. The summed E-state index contributed by atoms with van der Waals surface area (Å²) < 4.78 is -0.801. The number of carbonyl (C=O) groups is 2. The minimum atomic E-state index is -0.827. The Morgan fingerprint density at radius 3 is 2.71 bits per heavy atom. The van der Waals surface area contributed by atoms with Crippen LogP contribution >= 0.6 is 11.8 Å². The van der Waals surface area contributed by atoms with E-state index in [9.17, 15) is 9.59 Å². The third-order valence-corrected chi connectivity index (χ3v) is 4.44. The number of hydrogen-bond acceptors (Lipinski definition) is 3. The van der Waals surface area contributed by atoms with Crippen molar-refractivity contribution in [3.63, 3.8) is 0 Å². The number of hydrogen-bond donors (Lipinski definition) is 1. The molecule has 0 aromatic carbocycles. The summed E-state index contributed by atoms with van der Waals surface area (Å²) in [6.07, 6.45) is 0. The monoisotopic (exact) mass is 225 g/mol. The number of β-lactam (4-membered cyclic amide) rings is 1. The molecule has 6 heteroatoms. The zero-order valence-electron chi connectivity index (χ0n) is 7.48. The Bertz CT molecular complexity index is 296. The molecule has 2 rings (SSSR count). The van der Waals surface area contributed by atoms with Gasteiger partial charge in [0.25, 0.3) is 0 Å². The molecule has 4 nitrogen and oxygen atoms in total. The van der Waals surface area contributed by atoms with Crippen molar-refractivity contribution in [3.8, 4) is 0 Å². The molecular weight excluding hydrogens is 213 g/mol. The first-order chi connectivity index (χ1) is 5.96. The first-order valence-electron chi connectivity index (χ1n) is 4.17. The summed E-state index contributed by atoms with van der Waals surface area (Å²) in [5.74, 6) is -0.749. The maximum atomic E-state index is 11.3. The van der Waals surface area contributed by atoms with Gasteiger partial charge in [0.1, 0.15) is 4.75 Å². The van der Waals surface area contributed by atoms with Crippen molar-refractivity contribution in [2.24, 2.45) is 5.92 Å². The van der Waals surface area contributed by atoms with Crippen LogP contribution in [0.4, 0.5) is 0 Å². The van der Waals surface area contributed by atoms with E-state index in [0.717, 1.165) is 0 Å². The first kappa shape index (κ1) is 12.4. The van der Waals surface area contributed by atoms with Crippen LogP contribution in [0.5, 0.6) is 0 Å². The van der Waals surface area contributed by atoms with Gasteiger partial charge < -0.3 is 10.0 Å². The first-order valence-corrected chi connectivity index (χ1v) is 5.05. The third kappa shape index (κ3) is 1.50. The Hall–Kier alpha value is 0.290. The van der Waals surface area contributed by atoms with Crippen LogP contribution < -0.4 is 0 Å². The number of aliphatic carboxylic acids is 1. The van der Waals surface area contributed by atoms with E-state index in [1.54, 1.807) is 11.8 Å². The van der Waals surface area contributed by atoms with Crippen molar-refractivity contribution in [1.82, 2.24) is 4.90 Å². The van der Waals surface area contributed by atoms with E-state index in [2.05, 4.69) is 0 Å². The van der Waals surface area contributed by atoms with Crippen molar-refractivity contribution >= 4 is 53.2 Å². The molecule has 2 heterocycles. The van der Waals surface area contributed by atoms with Gasteiger partial charge in [0.15, 0.2) is 0 Å². The molecular formula is C8H12NNaO3S. The fourth-order valence-electron chi connectivity index (χ4n) is 1.78. The molecule has 0 aromatic heterocycles. The molecule has 0 spiro atoms. The van der Waals surface area contributed by atoms with Crippen LogP contribution in [0.25, 0.3) is 0 Å². The average molecular weight is 225 g/mol. The van der Waals surface area contributed by atoms with Gasteiger partial charge in [-0.05, 0) is 6.92 Å². The van der Waals surface area contributed by atoms with E-state index in [-0.39, 0.29) is 46.8 Å². The molecule has 0 aromatic rings. The van der Waals surface area contributed by atoms with Crippen LogP contribution in [0.1, 0.15) is 13.8 Å². The predicted molar refractivity (Wildman–Crippen MR) is 55.4 cm³/mol. The van der Waals surface area contributed by atoms with Crippen LogP contribution in [0.2, 0.25) is 0 Å². The molecule has 0 aliphatic carbocycles. The van der Waals surface area contributed by atoms with Gasteiger partial charge in [-0.15, -0.1) is 11.8 Å². The second-order valence-electron chi connectivity index (χ2n) is 3.80. The molecule has 0 saturated carbocycles. The molecule has 2 aliphatic rings. The van der Waals surface area contributed by atoms with Gasteiger partial charge in [-0.25, -0.2) is 0 Å². The average Bonchev–Trinajstić information content (AvgIpc) is 2.41. The van der Waals surface area contributed by atoms with E-state index in [1.807, 2.05) is 6.92 Å². The van der Waals surface area contributed by atoms with Gasteiger partial charge in [0.05, 0.1) is 11.3 Å². The predicted octanol–water partition coefficient (Wildman–Crippen LogP) is -0.268. The molecule has 74 valence electrons. The van der Waals surface area contributed by atoms with Crippen LogP contribution in [0.3, 0.4) is 0 Å². The number of fused-ring (bicyclic) bond motifs is 1. The minimum absolute atomic E-state index is 0. The van der Waals surface area contributed by atoms with E-state index in [0.29, 0.717) is 6.54 Å². The van der Waals surface area contributed by atoms with E-state index in [4.69, 9.17) is 5.11 Å². The topological polar surface area (TPSA) is 57.6 Å². The zero-order valence-corrected chi connectivity index (χ0v) is 8.30. The van der Waals surface area contributed by atoms with Crippen molar-refractivity contribution in [2.75, 3.05) is 6.54 Å². The molecule has 2 aliphatic heterocycles. The Kier molecular flexibility index (Phi) is 3.27. The van der Waals surface area contributed by atoms with Gasteiger partial charge in [0, 0.05) is 6.54 Å². The third-order valence-electron chi connectivity index (χ3n) is 2.71. The molecule has 0 bridgehead atoms. The normalized spacial score (nSPS) is 39.9. The van der Waals surface area contributed by atoms with Gasteiger partial charge >= 0.3 is 35.5 Å². The number of carboxylic acids is 1. The quantitative estimate of drug-likeness (QED) is 0.493. The fourth-order valence-corrected chi connectivity index (χ4v) is 3.25. The second kappa shape index (κ2) is 3.70. The Labute approximate surface area is 109 Å². The molecule has 2 fully saturated rings. The number of carboxylic acid groups (broad SMARTS) is 1. The Morgan fingerprint density at radius 2 is 2.29 bits per heavy atom. The summed E-state index contributed by atoms with van der Waals surface area (Å²) in [5, 5.41) is 9.04. The zero-order chi connectivity index (χ0) is 9.80. The second-order valence-corrected chi connectivity index (χ2v) is 5.42. The summed E-state index contributed by atoms with van der Waals surface area (Å²) in [4.78, 5) is 23.8. The van der Waals surface area contributed by atoms with Crippen molar-refractivity contribution in [3.05, 3.63) is 0 Å². The molecule has 3 atom stereocenters. The van der Waals surface area contributed by atoms with Gasteiger partial charge in [-0.1, -0.05) is 6.92 Å². The molecule has 14 heavy (non-hydrogen) atoms. The molecule has 2 unspecified atom stereocenters. The van der Waals surface area contributed by atoms with Crippen molar-refractivity contribution in [1.29, 1.82) is 0 Å². The summed E-state index contributed by atoms with van der Waals surface area (Å²) in [6, 6.07) is 0. The fraction of sp³-hybridized carbons (Fsp3) is 0.750. The number of rotatable bonds is 1. The summed E-state index contributed by atoms with van der Waals surface area (Å²) in [6.45, 7) is 3.88. The molecule has 1 amide bonds. The molecule has 2 saturated heterocycles. The van der Waals surface area contributed by atoms with Crippen LogP contribution in [-0.4, -0.2) is 68.1 Å². The van der Waals surface area contributed by atoms with E-state index < -0.39 is 10.7 Å². The van der Waals surface area contributed by atoms with E-state index >= 15 is 0 Å². The SMILES string of the molecule is CC1C(=O)N2CC(C)(C(=O)O)S[C@H]12.[NaH]. The van der Waals surface area contributed by atoms with Crippen molar-refractivity contribution in [2.45, 2.75) is 24.0 Å². The Morgan fingerprint density at radius 1 is 1.71 bits per heavy atom. The summed E-state index contributed by atoms with van der Waals surface area (Å²) in [7, 11) is 0. The summed E-state index contributed by atoms with van der Waals surface area (Å²) >= 11 is 1.39. The van der Waals surface area contributed by atoms with Crippen LogP contribution in [0.15, 0.2) is 0 Å². The van der Waals surface area contributed by atoms with Crippen molar-refractivity contribution < 1.29 is 14.7 Å². The molecule has 0 radical (unpaired) electrons. The van der Waals surface area contributed by atoms with Crippen LogP contribution in [0, 0.1) is 5.92 Å². The van der Waals surface area contributed by atoms with Crippen LogP contribution in [-0.2, 0) is 9.59 Å². The van der Waals surface area contributed by atoms with Gasteiger partial charge in [0.2, 0.25) is 5.91 Å². The molecule has 1 N–H and O–H groups in total. The van der Waals surface area contributed by atoms with Gasteiger partial charge in [-0.2, -0.15) is 0 Å². The summed E-state index contributed by atoms with van der Waals surface area (Å²) in [5.41, 5.74) is 0. The maximum absolute atomic E-state index is 11.3.